The van der Waals surface area contributed by atoms with Gasteiger partial charge in [-0.25, -0.2) is 0 Å². The molecule has 1 N–H and O–H groups in total. The van der Waals surface area contributed by atoms with E-state index in [0.717, 1.165) is 49.2 Å². The Bertz CT molecular complexity index is 1300. The Balaban J connectivity index is 1.44. The molecule has 0 amide bonds. The molecule has 2 aliphatic heterocycles. The van der Waals surface area contributed by atoms with E-state index in [4.69, 9.17) is 5.26 Å². The summed E-state index contributed by atoms with van der Waals surface area (Å²) in [7, 11) is -3.77. The van der Waals surface area contributed by atoms with Crippen molar-refractivity contribution in [2.24, 2.45) is 10.9 Å². The van der Waals surface area contributed by atoms with Gasteiger partial charge in [-0.3, -0.25) is 9.71 Å². The molecule has 2 heterocycles. The molecule has 2 aliphatic rings. The van der Waals surface area contributed by atoms with E-state index in [9.17, 15) is 8.42 Å². The summed E-state index contributed by atoms with van der Waals surface area (Å²) in [5, 5.41) is 9.09. The molecule has 7 heteroatoms. The molecule has 2 aromatic carbocycles. The average Bonchev–Trinajstić information content (AvgIpc) is 3.10. The molecule has 0 aliphatic carbocycles. The number of rotatable bonds is 5. The van der Waals surface area contributed by atoms with Crippen molar-refractivity contribution in [1.29, 1.82) is 5.26 Å². The molecule has 0 bridgehead atoms. The fourth-order valence-corrected chi connectivity index (χ4v) is 5.69. The number of aliphatic imine (C=N–C) groups is 1. The molecular weight excluding hydrogens is 456 g/mol. The zero-order valence-electron chi connectivity index (χ0n) is 20.4. The summed E-state index contributed by atoms with van der Waals surface area (Å²) >= 11 is 0. The molecule has 0 spiro atoms. The van der Waals surface area contributed by atoms with Crippen LogP contribution < -0.4 is 4.72 Å². The second-order valence-electron chi connectivity index (χ2n) is 9.42. The SMILES string of the molecule is C=C(c1ccc(C)c(NS(=O)(=O)C2=NCCC(C)C=C2)c1)N1CCC(c2ccc(C#N)cc2)CC1. The molecule has 0 saturated carbocycles. The largest absolute Gasteiger partial charge is 0.371 e. The van der Waals surface area contributed by atoms with E-state index in [-0.39, 0.29) is 5.04 Å². The van der Waals surface area contributed by atoms with Crippen LogP contribution in [0.2, 0.25) is 0 Å². The maximum atomic E-state index is 13.0. The zero-order chi connectivity index (χ0) is 25.0. The molecule has 6 nitrogen and oxygen atoms in total. The summed E-state index contributed by atoms with van der Waals surface area (Å²) in [6.45, 7) is 10.5. The lowest BCUT2D eigenvalue weighted by atomic mass is 9.88. The Morgan fingerprint density at radius 3 is 2.54 bits per heavy atom. The Labute approximate surface area is 208 Å². The molecule has 2 aromatic rings. The summed E-state index contributed by atoms with van der Waals surface area (Å²) in [6.07, 6.45) is 6.35. The van der Waals surface area contributed by atoms with Gasteiger partial charge in [-0.15, -0.1) is 0 Å². The van der Waals surface area contributed by atoms with Crippen LogP contribution in [0.1, 0.15) is 54.4 Å². The normalized spacial score (nSPS) is 18.9. The van der Waals surface area contributed by atoms with Crippen molar-refractivity contribution in [3.8, 4) is 6.07 Å². The molecule has 0 aromatic heterocycles. The Morgan fingerprint density at radius 1 is 1.14 bits per heavy atom. The quantitative estimate of drug-likeness (QED) is 0.606. The highest BCUT2D eigenvalue weighted by Crippen LogP contribution is 2.32. The van der Waals surface area contributed by atoms with Gasteiger partial charge >= 0.3 is 0 Å². The number of sulfonamides is 1. The van der Waals surface area contributed by atoms with Crippen molar-refractivity contribution in [3.05, 3.63) is 83.4 Å². The molecule has 1 saturated heterocycles. The summed E-state index contributed by atoms with van der Waals surface area (Å²) in [5.41, 5.74) is 5.13. The number of nitrogens with zero attached hydrogens (tertiary/aromatic N) is 3. The predicted octanol–water partition coefficient (Wildman–Crippen LogP) is 5.45. The molecule has 0 radical (unpaired) electrons. The van der Waals surface area contributed by atoms with E-state index >= 15 is 0 Å². The predicted molar refractivity (Wildman–Crippen MR) is 143 cm³/mol. The van der Waals surface area contributed by atoms with Gasteiger partial charge in [0.05, 0.1) is 17.3 Å². The van der Waals surface area contributed by atoms with Crippen LogP contribution in [-0.4, -0.2) is 38.0 Å². The van der Waals surface area contributed by atoms with E-state index < -0.39 is 10.0 Å². The fourth-order valence-electron chi connectivity index (χ4n) is 4.55. The molecule has 35 heavy (non-hydrogen) atoms. The first-order chi connectivity index (χ1) is 16.8. The Morgan fingerprint density at radius 2 is 1.86 bits per heavy atom. The van der Waals surface area contributed by atoms with Gasteiger partial charge in [-0.05, 0) is 79.0 Å². The number of hydrogen-bond donors (Lipinski definition) is 1. The Hall–Kier alpha value is -3.37. The highest BCUT2D eigenvalue weighted by atomic mass is 32.2. The van der Waals surface area contributed by atoms with Gasteiger partial charge in [0.15, 0.2) is 5.04 Å². The number of likely N-dealkylation sites (tertiary alicyclic amines) is 1. The first-order valence-corrected chi connectivity index (χ1v) is 13.6. The minimum Gasteiger partial charge on any atom is -0.371 e. The topological polar surface area (TPSA) is 85.6 Å². The minimum atomic E-state index is -3.77. The number of aryl methyl sites for hydroxylation is 1. The minimum absolute atomic E-state index is 0.0790. The maximum Gasteiger partial charge on any atom is 0.278 e. The van der Waals surface area contributed by atoms with Crippen molar-refractivity contribution in [2.75, 3.05) is 24.4 Å². The number of hydrogen-bond acceptors (Lipinski definition) is 5. The first-order valence-electron chi connectivity index (χ1n) is 12.1. The molecule has 1 atom stereocenters. The van der Waals surface area contributed by atoms with Gasteiger partial charge in [0.25, 0.3) is 10.0 Å². The second kappa shape index (κ2) is 10.5. The Kier molecular flexibility index (Phi) is 7.42. The third-order valence-electron chi connectivity index (χ3n) is 6.90. The van der Waals surface area contributed by atoms with Crippen LogP contribution in [0.4, 0.5) is 5.69 Å². The highest BCUT2D eigenvalue weighted by Gasteiger charge is 2.23. The standard InChI is InChI=1S/C28H32N4O2S/c1-20-4-11-28(30-15-12-20)35(33,34)31-27-18-26(8-5-21(27)2)22(3)32-16-13-25(14-17-32)24-9-6-23(19-29)7-10-24/h4-11,18,20,25,31H,3,12-17H2,1-2H3. The van der Waals surface area contributed by atoms with Gasteiger partial charge in [-0.1, -0.05) is 43.8 Å². The van der Waals surface area contributed by atoms with Crippen molar-refractivity contribution in [1.82, 2.24) is 4.90 Å². The number of nitrogens with one attached hydrogen (secondary N) is 1. The van der Waals surface area contributed by atoms with Crippen molar-refractivity contribution in [2.45, 2.75) is 39.0 Å². The third-order valence-corrected chi connectivity index (χ3v) is 8.20. The van der Waals surface area contributed by atoms with Gasteiger partial charge in [0, 0.05) is 25.3 Å². The molecule has 1 fully saturated rings. The summed E-state index contributed by atoms with van der Waals surface area (Å²) in [5.74, 6) is 0.768. The van der Waals surface area contributed by atoms with Crippen molar-refractivity contribution >= 4 is 26.5 Å². The summed E-state index contributed by atoms with van der Waals surface area (Å²) < 4.78 is 28.8. The van der Waals surface area contributed by atoms with Crippen LogP contribution in [-0.2, 0) is 10.0 Å². The lowest BCUT2D eigenvalue weighted by Crippen LogP contribution is -2.31. The van der Waals surface area contributed by atoms with Gasteiger partial charge in [0.1, 0.15) is 0 Å². The third kappa shape index (κ3) is 5.83. The smallest absolute Gasteiger partial charge is 0.278 e. The molecule has 182 valence electrons. The van der Waals surface area contributed by atoms with Crippen LogP contribution in [0, 0.1) is 24.2 Å². The van der Waals surface area contributed by atoms with Crippen LogP contribution in [0.3, 0.4) is 0 Å². The summed E-state index contributed by atoms with van der Waals surface area (Å²) in [6, 6.07) is 15.8. The van der Waals surface area contributed by atoms with E-state index in [1.165, 1.54) is 5.56 Å². The number of nitriles is 1. The second-order valence-corrected chi connectivity index (χ2v) is 11.1. The van der Waals surface area contributed by atoms with Crippen LogP contribution in [0.15, 0.2) is 66.2 Å². The maximum absolute atomic E-state index is 13.0. The number of anilines is 1. The summed E-state index contributed by atoms with van der Waals surface area (Å²) in [4.78, 5) is 6.55. The van der Waals surface area contributed by atoms with Crippen LogP contribution >= 0.6 is 0 Å². The van der Waals surface area contributed by atoms with Crippen LogP contribution in [0.5, 0.6) is 0 Å². The highest BCUT2D eigenvalue weighted by molar-refractivity contribution is 8.07. The lowest BCUT2D eigenvalue weighted by Gasteiger charge is -2.35. The zero-order valence-corrected chi connectivity index (χ0v) is 21.2. The number of allylic oxidation sites excluding steroid dienone is 1. The lowest BCUT2D eigenvalue weighted by molar-refractivity contribution is 0.299. The number of benzene rings is 2. The number of piperidine rings is 1. The van der Waals surface area contributed by atoms with E-state index in [2.05, 4.69) is 46.3 Å². The monoisotopic (exact) mass is 488 g/mol. The van der Waals surface area contributed by atoms with E-state index in [1.807, 2.05) is 43.3 Å². The molecule has 4 rings (SSSR count). The van der Waals surface area contributed by atoms with Gasteiger partial charge in [0.2, 0.25) is 0 Å². The first kappa shape index (κ1) is 24.7. The van der Waals surface area contributed by atoms with Gasteiger partial charge < -0.3 is 4.90 Å². The van der Waals surface area contributed by atoms with Crippen LogP contribution in [0.25, 0.3) is 5.70 Å². The molecular formula is C28H32N4O2S. The van der Waals surface area contributed by atoms with E-state index in [0.29, 0.717) is 29.6 Å². The molecule has 1 unspecified atom stereocenters. The van der Waals surface area contributed by atoms with E-state index in [1.54, 1.807) is 6.08 Å². The average molecular weight is 489 g/mol. The van der Waals surface area contributed by atoms with Gasteiger partial charge in [-0.2, -0.15) is 13.7 Å². The van der Waals surface area contributed by atoms with Crippen molar-refractivity contribution in [3.63, 3.8) is 0 Å². The fraction of sp³-hybridized carbons (Fsp3) is 0.357. The van der Waals surface area contributed by atoms with Crippen molar-refractivity contribution < 1.29 is 8.42 Å².